The summed E-state index contributed by atoms with van der Waals surface area (Å²) in [6.45, 7) is 1.89. The molecule has 2 aromatic heterocycles. The monoisotopic (exact) mass is 525 g/mol. The Balaban J connectivity index is 1.49. The highest BCUT2D eigenvalue weighted by molar-refractivity contribution is 7.80. The molecule has 0 spiro atoms. The molecule has 10 heteroatoms. The maximum atomic E-state index is 15.9. The molecule has 4 N–H and O–H groups in total. The Morgan fingerprint density at radius 1 is 1.30 bits per heavy atom. The molecule has 1 amide bonds. The Kier molecular flexibility index (Phi) is 8.75. The lowest BCUT2D eigenvalue weighted by Crippen LogP contribution is -2.49. The number of alkyl halides is 1. The lowest BCUT2D eigenvalue weighted by Gasteiger charge is -2.40. The number of hydroxylamine groups is 1. The second-order valence-corrected chi connectivity index (χ2v) is 9.92. The maximum Gasteiger partial charge on any atom is 0.249 e. The third-order valence-electron chi connectivity index (χ3n) is 7.32. The average Bonchev–Trinajstić information content (AvgIpc) is 2.95. The van der Waals surface area contributed by atoms with Crippen LogP contribution < -0.4 is 16.0 Å². The number of fused-ring (bicyclic) bond motifs is 1. The van der Waals surface area contributed by atoms with Crippen molar-refractivity contribution in [1.82, 2.24) is 20.3 Å². The van der Waals surface area contributed by atoms with E-state index in [-0.39, 0.29) is 19.4 Å². The van der Waals surface area contributed by atoms with Crippen LogP contribution in [0.5, 0.6) is 5.75 Å². The van der Waals surface area contributed by atoms with Crippen molar-refractivity contribution in [2.75, 3.05) is 26.7 Å². The van der Waals surface area contributed by atoms with Gasteiger partial charge in [0.05, 0.1) is 28.6 Å². The fourth-order valence-electron chi connectivity index (χ4n) is 5.10. The Morgan fingerprint density at radius 2 is 2.08 bits per heavy atom. The maximum absolute atomic E-state index is 15.9. The van der Waals surface area contributed by atoms with Gasteiger partial charge in [-0.25, -0.2) is 9.87 Å². The number of pyridine rings is 2. The van der Waals surface area contributed by atoms with Crippen molar-refractivity contribution in [3.05, 3.63) is 65.6 Å². The first-order chi connectivity index (χ1) is 17.9. The number of benzene rings is 1. The van der Waals surface area contributed by atoms with Gasteiger partial charge in [0, 0.05) is 36.4 Å². The molecule has 1 atom stereocenters. The zero-order valence-electron chi connectivity index (χ0n) is 20.8. The summed E-state index contributed by atoms with van der Waals surface area (Å²) in [5.74, 6) is 0.121. The highest BCUT2D eigenvalue weighted by atomic mass is 32.1. The Morgan fingerprint density at radius 3 is 2.73 bits per heavy atom. The largest absolute Gasteiger partial charge is 0.497 e. The number of thiocarbonyl (C=S) groups is 1. The molecule has 196 valence electrons. The summed E-state index contributed by atoms with van der Waals surface area (Å²) in [5.41, 5.74) is 9.37. The summed E-state index contributed by atoms with van der Waals surface area (Å²) in [6.07, 6.45) is 3.28. The zero-order chi connectivity index (χ0) is 26.4. The van der Waals surface area contributed by atoms with Crippen LogP contribution in [0.15, 0.2) is 48.8 Å². The van der Waals surface area contributed by atoms with E-state index in [4.69, 9.17) is 22.7 Å². The van der Waals surface area contributed by atoms with Gasteiger partial charge < -0.3 is 10.5 Å². The summed E-state index contributed by atoms with van der Waals surface area (Å²) in [7, 11) is 1.56. The molecule has 1 fully saturated rings. The van der Waals surface area contributed by atoms with Gasteiger partial charge in [-0.05, 0) is 74.7 Å². The number of rotatable bonds is 10. The molecular weight excluding hydrogens is 493 g/mol. The molecule has 3 aromatic rings. The standard InChI is InChI=1S/C27H32FN5O3S/c1-36-19-5-6-22-20(14-19)25(18(15-29)16-31-22)21(28)7-8-27(26(34)32-35)9-12-33(13-10-27)17-24(37)23-4-2-3-11-30-23/h2-6,11,14,16,21,35H,7-10,12-13,15,17,29H2,1H3,(H,32,34)/t21-/m1/s1. The van der Waals surface area contributed by atoms with Crippen molar-refractivity contribution in [3.8, 4) is 5.75 Å². The van der Waals surface area contributed by atoms with Gasteiger partial charge in [-0.3, -0.25) is 24.9 Å². The first-order valence-corrected chi connectivity index (χ1v) is 12.7. The lowest BCUT2D eigenvalue weighted by molar-refractivity contribution is -0.143. The highest BCUT2D eigenvalue weighted by Crippen LogP contribution is 2.41. The van der Waals surface area contributed by atoms with Gasteiger partial charge in [0.15, 0.2) is 0 Å². The minimum absolute atomic E-state index is 0.100. The van der Waals surface area contributed by atoms with E-state index in [0.717, 1.165) is 10.6 Å². The predicted octanol–water partition coefficient (Wildman–Crippen LogP) is 3.89. The molecule has 37 heavy (non-hydrogen) atoms. The molecule has 0 radical (unpaired) electrons. The zero-order valence-corrected chi connectivity index (χ0v) is 21.6. The number of methoxy groups -OCH3 is 1. The number of aromatic nitrogens is 2. The average molecular weight is 526 g/mol. The normalized spacial score (nSPS) is 16.3. The van der Waals surface area contributed by atoms with E-state index in [2.05, 4.69) is 14.9 Å². The summed E-state index contributed by atoms with van der Waals surface area (Å²) < 4.78 is 21.3. The van der Waals surface area contributed by atoms with Crippen molar-refractivity contribution in [2.24, 2.45) is 11.1 Å². The molecule has 0 saturated carbocycles. The fourth-order valence-corrected chi connectivity index (χ4v) is 5.40. The minimum atomic E-state index is -1.37. The van der Waals surface area contributed by atoms with Crippen molar-refractivity contribution in [3.63, 3.8) is 0 Å². The molecule has 1 aliphatic heterocycles. The van der Waals surface area contributed by atoms with Crippen LogP contribution in [-0.4, -0.2) is 57.6 Å². The number of piperidine rings is 1. The van der Waals surface area contributed by atoms with Crippen LogP contribution in [0.1, 0.15) is 48.7 Å². The van der Waals surface area contributed by atoms with Crippen LogP contribution in [0.25, 0.3) is 10.9 Å². The van der Waals surface area contributed by atoms with Crippen molar-refractivity contribution >= 4 is 33.9 Å². The van der Waals surface area contributed by atoms with Gasteiger partial charge >= 0.3 is 0 Å². The number of hydrogen-bond acceptors (Lipinski definition) is 8. The van der Waals surface area contributed by atoms with Gasteiger partial charge in [0.2, 0.25) is 5.91 Å². The predicted molar refractivity (Wildman–Crippen MR) is 143 cm³/mol. The third-order valence-corrected chi connectivity index (χ3v) is 7.66. The number of hydrogen-bond donors (Lipinski definition) is 3. The van der Waals surface area contributed by atoms with Crippen LogP contribution in [0.4, 0.5) is 4.39 Å². The Bertz CT molecular complexity index is 1250. The molecular formula is C27H32FN5O3S. The van der Waals surface area contributed by atoms with Crippen molar-refractivity contribution < 1.29 is 19.1 Å². The number of nitrogens with zero attached hydrogens (tertiary/aromatic N) is 3. The van der Waals surface area contributed by atoms with Crippen molar-refractivity contribution in [2.45, 2.75) is 38.4 Å². The summed E-state index contributed by atoms with van der Waals surface area (Å²) in [6, 6.07) is 11.0. The third kappa shape index (κ3) is 5.93. The highest BCUT2D eigenvalue weighted by Gasteiger charge is 2.42. The number of amides is 1. The van der Waals surface area contributed by atoms with Gasteiger partial charge in [-0.2, -0.15) is 0 Å². The first-order valence-electron chi connectivity index (χ1n) is 12.3. The van der Waals surface area contributed by atoms with Crippen molar-refractivity contribution in [1.29, 1.82) is 0 Å². The number of carbonyl (C=O) groups excluding carboxylic acids is 1. The van der Waals surface area contributed by atoms with E-state index in [1.165, 1.54) is 0 Å². The quantitative estimate of drug-likeness (QED) is 0.158. The van der Waals surface area contributed by atoms with Crippen LogP contribution in [-0.2, 0) is 11.3 Å². The Labute approximate surface area is 221 Å². The van der Waals surface area contributed by atoms with E-state index < -0.39 is 17.5 Å². The van der Waals surface area contributed by atoms with Crippen LogP contribution in [0.2, 0.25) is 0 Å². The SMILES string of the molecule is COc1ccc2ncc(CN)c([C@H](F)CCC3(C(=O)NO)CCN(CC(=S)c4ccccn4)CC3)c2c1. The second kappa shape index (κ2) is 12.0. The molecule has 0 bridgehead atoms. The first kappa shape index (κ1) is 27.0. The van der Waals surface area contributed by atoms with Crippen LogP contribution in [0.3, 0.4) is 0 Å². The van der Waals surface area contributed by atoms with Gasteiger partial charge in [0.25, 0.3) is 0 Å². The molecule has 0 aliphatic carbocycles. The number of nitrogens with one attached hydrogen (secondary N) is 1. The molecule has 1 saturated heterocycles. The lowest BCUT2D eigenvalue weighted by atomic mass is 9.73. The minimum Gasteiger partial charge on any atom is -0.497 e. The number of ether oxygens (including phenoxy) is 1. The fraction of sp³-hybridized carbons (Fsp3) is 0.407. The second-order valence-electron chi connectivity index (χ2n) is 9.43. The molecule has 4 rings (SSSR count). The van der Waals surface area contributed by atoms with E-state index in [9.17, 15) is 10.0 Å². The molecule has 3 heterocycles. The summed E-state index contributed by atoms with van der Waals surface area (Å²) >= 11 is 5.56. The Hall–Kier alpha value is -3.05. The molecule has 1 aromatic carbocycles. The van der Waals surface area contributed by atoms with Gasteiger partial charge in [-0.15, -0.1) is 0 Å². The molecule has 1 aliphatic rings. The summed E-state index contributed by atoms with van der Waals surface area (Å²) in [5, 5.41) is 10.1. The van der Waals surface area contributed by atoms with E-state index >= 15 is 4.39 Å². The molecule has 0 unspecified atom stereocenters. The smallest absolute Gasteiger partial charge is 0.249 e. The van der Waals surface area contributed by atoms with Gasteiger partial charge in [-0.1, -0.05) is 18.3 Å². The van der Waals surface area contributed by atoms with Crippen LogP contribution in [0, 0.1) is 5.41 Å². The van der Waals surface area contributed by atoms with Gasteiger partial charge in [0.1, 0.15) is 11.9 Å². The number of halogens is 1. The van der Waals surface area contributed by atoms with E-state index in [1.807, 2.05) is 23.7 Å². The van der Waals surface area contributed by atoms with E-state index in [1.54, 1.807) is 37.7 Å². The summed E-state index contributed by atoms with van der Waals surface area (Å²) in [4.78, 5) is 24.4. The van der Waals surface area contributed by atoms with Crippen LogP contribution >= 0.6 is 12.2 Å². The molecule has 8 nitrogen and oxygen atoms in total. The topological polar surface area (TPSA) is 114 Å². The number of carbonyl (C=O) groups is 1. The number of likely N-dealkylation sites (tertiary alicyclic amines) is 1. The van der Waals surface area contributed by atoms with E-state index in [0.29, 0.717) is 60.3 Å². The number of nitrogens with two attached hydrogens (primary N) is 1.